The van der Waals surface area contributed by atoms with Gasteiger partial charge >= 0.3 is 0 Å². The van der Waals surface area contributed by atoms with Crippen molar-refractivity contribution >= 4 is 23.2 Å². The van der Waals surface area contributed by atoms with Gasteiger partial charge < -0.3 is 10.2 Å². The van der Waals surface area contributed by atoms with Crippen molar-refractivity contribution in [3.63, 3.8) is 0 Å². The molecule has 0 radical (unpaired) electrons. The zero-order chi connectivity index (χ0) is 19.2. The molecular weight excluding hydrogens is 336 g/mol. The van der Waals surface area contributed by atoms with E-state index >= 15 is 0 Å². The largest absolute Gasteiger partial charge is 0.322 e. The zero-order valence-corrected chi connectivity index (χ0v) is 15.9. The van der Waals surface area contributed by atoms with E-state index in [0.717, 1.165) is 29.9 Å². The Kier molecular flexibility index (Phi) is 5.81. The van der Waals surface area contributed by atoms with Crippen LogP contribution in [0.5, 0.6) is 0 Å². The van der Waals surface area contributed by atoms with Gasteiger partial charge in [-0.05, 0) is 49.6 Å². The summed E-state index contributed by atoms with van der Waals surface area (Å²) < 4.78 is 0. The molecule has 1 aromatic heterocycles. The summed E-state index contributed by atoms with van der Waals surface area (Å²) in [6.07, 6.45) is 4.00. The number of benzene rings is 2. The Morgan fingerprint density at radius 3 is 2.44 bits per heavy atom. The van der Waals surface area contributed by atoms with Crippen molar-refractivity contribution in [2.24, 2.45) is 0 Å². The Morgan fingerprint density at radius 2 is 1.78 bits per heavy atom. The molecule has 3 rings (SSSR count). The van der Waals surface area contributed by atoms with Crippen LogP contribution in [-0.2, 0) is 6.42 Å². The van der Waals surface area contributed by atoms with Crippen molar-refractivity contribution in [1.82, 2.24) is 9.97 Å². The van der Waals surface area contributed by atoms with E-state index in [-0.39, 0.29) is 5.91 Å². The molecule has 0 unspecified atom stereocenters. The van der Waals surface area contributed by atoms with Crippen LogP contribution in [0.3, 0.4) is 0 Å². The van der Waals surface area contributed by atoms with Crippen molar-refractivity contribution in [2.75, 3.05) is 16.8 Å². The minimum Gasteiger partial charge on any atom is -0.322 e. The van der Waals surface area contributed by atoms with Crippen LogP contribution in [0.15, 0.2) is 60.9 Å². The number of para-hydroxylation sites is 1. The van der Waals surface area contributed by atoms with Gasteiger partial charge in [0.25, 0.3) is 5.91 Å². The molecular formula is C22H24N4O. The van der Waals surface area contributed by atoms with Crippen molar-refractivity contribution in [2.45, 2.75) is 27.2 Å². The molecule has 0 saturated heterocycles. The first kappa shape index (κ1) is 18.6. The normalized spacial score (nSPS) is 10.5. The Morgan fingerprint density at radius 1 is 1.04 bits per heavy atom. The second-order valence-electron chi connectivity index (χ2n) is 6.32. The summed E-state index contributed by atoms with van der Waals surface area (Å²) >= 11 is 0. The Balaban J connectivity index is 1.79. The van der Waals surface area contributed by atoms with E-state index in [4.69, 9.17) is 0 Å². The minimum absolute atomic E-state index is 0.207. The fourth-order valence-electron chi connectivity index (χ4n) is 2.96. The number of hydrogen-bond donors (Lipinski definition) is 1. The molecule has 0 atom stereocenters. The van der Waals surface area contributed by atoms with Crippen LogP contribution in [0.25, 0.3) is 0 Å². The summed E-state index contributed by atoms with van der Waals surface area (Å²) in [6.45, 7) is 6.90. The summed E-state index contributed by atoms with van der Waals surface area (Å²) in [5.41, 5.74) is 4.57. The third-order valence-electron chi connectivity index (χ3n) is 4.42. The highest BCUT2D eigenvalue weighted by Crippen LogP contribution is 2.22. The average Bonchev–Trinajstić information content (AvgIpc) is 2.69. The van der Waals surface area contributed by atoms with Crippen LogP contribution in [0, 0.1) is 6.92 Å². The van der Waals surface area contributed by atoms with Crippen molar-refractivity contribution in [3.8, 4) is 0 Å². The number of rotatable bonds is 6. The topological polar surface area (TPSA) is 58.1 Å². The second kappa shape index (κ2) is 8.45. The SMILES string of the molecule is CCc1ccccc1NC(=O)c1cnc(N(CC)c2cccc(C)c2)nc1. The van der Waals surface area contributed by atoms with Crippen LogP contribution >= 0.6 is 0 Å². The molecule has 0 bridgehead atoms. The maximum atomic E-state index is 12.5. The summed E-state index contributed by atoms with van der Waals surface area (Å²) in [4.78, 5) is 23.4. The van der Waals surface area contributed by atoms with Crippen LogP contribution < -0.4 is 10.2 Å². The number of hydrogen-bond acceptors (Lipinski definition) is 4. The molecule has 0 aliphatic carbocycles. The fourth-order valence-corrected chi connectivity index (χ4v) is 2.96. The third-order valence-corrected chi connectivity index (χ3v) is 4.42. The predicted octanol–water partition coefficient (Wildman–Crippen LogP) is 4.76. The molecule has 138 valence electrons. The van der Waals surface area contributed by atoms with Gasteiger partial charge in [-0.1, -0.05) is 37.3 Å². The maximum absolute atomic E-state index is 12.5. The molecule has 27 heavy (non-hydrogen) atoms. The number of nitrogens with one attached hydrogen (secondary N) is 1. The van der Waals surface area contributed by atoms with Gasteiger partial charge in [-0.15, -0.1) is 0 Å². The predicted molar refractivity (Wildman–Crippen MR) is 110 cm³/mol. The number of amides is 1. The highest BCUT2D eigenvalue weighted by atomic mass is 16.1. The van der Waals surface area contributed by atoms with Crippen molar-refractivity contribution in [3.05, 3.63) is 77.6 Å². The first-order valence-electron chi connectivity index (χ1n) is 9.18. The van der Waals surface area contributed by atoms with E-state index in [2.05, 4.69) is 41.3 Å². The van der Waals surface area contributed by atoms with E-state index < -0.39 is 0 Å². The minimum atomic E-state index is -0.207. The number of anilines is 3. The Hall–Kier alpha value is -3.21. The third kappa shape index (κ3) is 4.31. The molecule has 5 nitrogen and oxygen atoms in total. The van der Waals surface area contributed by atoms with Crippen LogP contribution in [-0.4, -0.2) is 22.4 Å². The molecule has 0 aliphatic rings. The lowest BCUT2D eigenvalue weighted by molar-refractivity contribution is 0.102. The van der Waals surface area contributed by atoms with Gasteiger partial charge in [-0.25, -0.2) is 9.97 Å². The zero-order valence-electron chi connectivity index (χ0n) is 15.9. The average molecular weight is 360 g/mol. The van der Waals surface area contributed by atoms with Gasteiger partial charge in [0, 0.05) is 30.3 Å². The summed E-state index contributed by atoms with van der Waals surface area (Å²) in [5, 5.41) is 2.95. The first-order chi connectivity index (χ1) is 13.1. The molecule has 1 N–H and O–H groups in total. The van der Waals surface area contributed by atoms with Gasteiger partial charge in [-0.3, -0.25) is 4.79 Å². The van der Waals surface area contributed by atoms with Gasteiger partial charge in [-0.2, -0.15) is 0 Å². The van der Waals surface area contributed by atoms with Gasteiger partial charge in [0.1, 0.15) is 0 Å². The smallest absolute Gasteiger partial charge is 0.258 e. The number of nitrogens with zero attached hydrogens (tertiary/aromatic N) is 3. The highest BCUT2D eigenvalue weighted by molar-refractivity contribution is 6.04. The van der Waals surface area contributed by atoms with Gasteiger partial charge in [0.05, 0.1) is 5.56 Å². The molecule has 1 amide bonds. The Labute approximate surface area is 160 Å². The number of carbonyl (C=O) groups is 1. The maximum Gasteiger partial charge on any atom is 0.258 e. The molecule has 3 aromatic rings. The second-order valence-corrected chi connectivity index (χ2v) is 6.32. The van der Waals surface area contributed by atoms with E-state index in [9.17, 15) is 4.79 Å². The fraction of sp³-hybridized carbons (Fsp3) is 0.227. The molecule has 0 fully saturated rings. The lowest BCUT2D eigenvalue weighted by Crippen LogP contribution is -2.20. The van der Waals surface area contributed by atoms with Crippen molar-refractivity contribution in [1.29, 1.82) is 0 Å². The number of aromatic nitrogens is 2. The first-order valence-corrected chi connectivity index (χ1v) is 9.18. The molecule has 0 aliphatic heterocycles. The molecule has 0 spiro atoms. The van der Waals surface area contributed by atoms with E-state index in [1.165, 1.54) is 5.56 Å². The molecule has 2 aromatic carbocycles. The summed E-state index contributed by atoms with van der Waals surface area (Å²) in [7, 11) is 0. The monoisotopic (exact) mass is 360 g/mol. The lowest BCUT2D eigenvalue weighted by Gasteiger charge is -2.21. The van der Waals surface area contributed by atoms with Gasteiger partial charge in [0.2, 0.25) is 5.95 Å². The highest BCUT2D eigenvalue weighted by Gasteiger charge is 2.13. The van der Waals surface area contributed by atoms with E-state index in [0.29, 0.717) is 11.5 Å². The van der Waals surface area contributed by atoms with E-state index in [1.54, 1.807) is 12.4 Å². The standard InChI is InChI=1S/C22H24N4O/c1-4-17-10-6-7-12-20(17)25-21(27)18-14-23-22(24-15-18)26(5-2)19-11-8-9-16(3)13-19/h6-15H,4-5H2,1-3H3,(H,25,27). The van der Waals surface area contributed by atoms with Crippen molar-refractivity contribution < 1.29 is 4.79 Å². The quantitative estimate of drug-likeness (QED) is 0.689. The van der Waals surface area contributed by atoms with Crippen LogP contribution in [0.2, 0.25) is 0 Å². The molecule has 5 heteroatoms. The van der Waals surface area contributed by atoms with E-state index in [1.807, 2.05) is 48.2 Å². The number of aryl methyl sites for hydroxylation is 2. The van der Waals surface area contributed by atoms with Gasteiger partial charge in [0.15, 0.2) is 0 Å². The molecule has 1 heterocycles. The summed E-state index contributed by atoms with van der Waals surface area (Å²) in [6, 6.07) is 16.0. The molecule has 0 saturated carbocycles. The van der Waals surface area contributed by atoms with Crippen LogP contribution in [0.1, 0.15) is 35.3 Å². The number of carbonyl (C=O) groups excluding carboxylic acids is 1. The van der Waals surface area contributed by atoms with Crippen LogP contribution in [0.4, 0.5) is 17.3 Å². The summed E-state index contributed by atoms with van der Waals surface area (Å²) in [5.74, 6) is 0.370. The lowest BCUT2D eigenvalue weighted by atomic mass is 10.1. The Bertz CT molecular complexity index is 922.